The SMILES string of the molecule is C=Cc1ccccc1.CC(=O)C(C)O.CCCCCCCCCC. The van der Waals surface area contributed by atoms with E-state index < -0.39 is 6.10 Å². The average molecular weight is 335 g/mol. The van der Waals surface area contributed by atoms with E-state index in [0.29, 0.717) is 0 Å². The van der Waals surface area contributed by atoms with Gasteiger partial charge in [0.25, 0.3) is 0 Å². The highest BCUT2D eigenvalue weighted by Crippen LogP contribution is 2.07. The van der Waals surface area contributed by atoms with Gasteiger partial charge in [-0.15, -0.1) is 0 Å². The van der Waals surface area contributed by atoms with Crippen LogP contribution in [0.15, 0.2) is 36.9 Å². The number of ketones is 1. The Labute approximate surface area is 150 Å². The van der Waals surface area contributed by atoms with Crippen molar-refractivity contribution >= 4 is 11.9 Å². The van der Waals surface area contributed by atoms with Crippen molar-refractivity contribution in [2.75, 3.05) is 0 Å². The molecule has 1 aromatic carbocycles. The highest BCUT2D eigenvalue weighted by atomic mass is 16.3. The molecular formula is C22H38O2. The number of unbranched alkanes of at least 4 members (excludes halogenated alkanes) is 7. The molecule has 1 unspecified atom stereocenters. The van der Waals surface area contributed by atoms with Gasteiger partial charge >= 0.3 is 0 Å². The highest BCUT2D eigenvalue weighted by Gasteiger charge is 1.97. The van der Waals surface area contributed by atoms with Crippen LogP contribution in [0.4, 0.5) is 0 Å². The molecular weight excluding hydrogens is 296 g/mol. The lowest BCUT2D eigenvalue weighted by atomic mass is 10.1. The molecule has 1 aromatic rings. The van der Waals surface area contributed by atoms with E-state index in [4.69, 9.17) is 5.11 Å². The molecule has 0 saturated carbocycles. The number of carbonyl (C=O) groups is 1. The van der Waals surface area contributed by atoms with Crippen LogP contribution >= 0.6 is 0 Å². The van der Waals surface area contributed by atoms with Gasteiger partial charge in [-0.2, -0.15) is 0 Å². The van der Waals surface area contributed by atoms with Gasteiger partial charge in [0.2, 0.25) is 0 Å². The lowest BCUT2D eigenvalue weighted by molar-refractivity contribution is -0.124. The number of rotatable bonds is 9. The third kappa shape index (κ3) is 20.6. The molecule has 1 rings (SSSR count). The van der Waals surface area contributed by atoms with Crippen LogP contribution in [-0.4, -0.2) is 17.0 Å². The van der Waals surface area contributed by atoms with E-state index in [9.17, 15) is 4.79 Å². The molecule has 0 radical (unpaired) electrons. The zero-order chi connectivity index (χ0) is 18.6. The molecule has 0 spiro atoms. The smallest absolute Gasteiger partial charge is 0.157 e. The Balaban J connectivity index is 0. The molecule has 1 atom stereocenters. The zero-order valence-electron chi connectivity index (χ0n) is 16.3. The maximum Gasteiger partial charge on any atom is 0.157 e. The second-order valence-corrected chi connectivity index (χ2v) is 6.02. The van der Waals surface area contributed by atoms with Gasteiger partial charge in [0, 0.05) is 0 Å². The molecule has 0 aliphatic rings. The van der Waals surface area contributed by atoms with Crippen molar-refractivity contribution in [3.05, 3.63) is 42.5 Å². The summed E-state index contributed by atoms with van der Waals surface area (Å²) in [5.74, 6) is -0.185. The van der Waals surface area contributed by atoms with Crippen LogP contribution in [0.1, 0.15) is 84.6 Å². The average Bonchev–Trinajstić information content (AvgIpc) is 2.60. The van der Waals surface area contributed by atoms with Crippen LogP contribution in [0.3, 0.4) is 0 Å². The first-order valence-electron chi connectivity index (χ1n) is 9.35. The van der Waals surface area contributed by atoms with Crippen LogP contribution in [-0.2, 0) is 4.79 Å². The van der Waals surface area contributed by atoms with E-state index in [2.05, 4.69) is 20.4 Å². The third-order valence-corrected chi connectivity index (χ3v) is 3.58. The normalized spacial score (nSPS) is 10.5. The van der Waals surface area contributed by atoms with Crippen molar-refractivity contribution in [3.63, 3.8) is 0 Å². The van der Waals surface area contributed by atoms with Crippen molar-refractivity contribution in [1.29, 1.82) is 0 Å². The van der Waals surface area contributed by atoms with Gasteiger partial charge in [0.05, 0.1) is 0 Å². The number of aliphatic hydroxyl groups is 1. The topological polar surface area (TPSA) is 37.3 Å². The lowest BCUT2D eigenvalue weighted by Gasteiger charge is -1.97. The minimum atomic E-state index is -0.787. The predicted octanol–water partition coefficient (Wildman–Crippen LogP) is 6.43. The van der Waals surface area contributed by atoms with E-state index in [-0.39, 0.29) is 5.78 Å². The van der Waals surface area contributed by atoms with Gasteiger partial charge in [-0.3, -0.25) is 4.79 Å². The lowest BCUT2D eigenvalue weighted by Crippen LogP contribution is -2.10. The molecule has 0 bridgehead atoms. The van der Waals surface area contributed by atoms with Gasteiger partial charge in [0.15, 0.2) is 5.78 Å². The molecule has 0 aliphatic heterocycles. The molecule has 0 fully saturated rings. The second kappa shape index (κ2) is 19.6. The predicted molar refractivity (Wildman–Crippen MR) is 107 cm³/mol. The molecule has 2 nitrogen and oxygen atoms in total. The van der Waals surface area contributed by atoms with Crippen molar-refractivity contribution in [2.45, 2.75) is 85.2 Å². The summed E-state index contributed by atoms with van der Waals surface area (Å²) in [7, 11) is 0. The van der Waals surface area contributed by atoms with Crippen molar-refractivity contribution in [2.24, 2.45) is 0 Å². The van der Waals surface area contributed by atoms with E-state index in [1.165, 1.54) is 70.8 Å². The first-order valence-corrected chi connectivity index (χ1v) is 9.35. The second-order valence-electron chi connectivity index (χ2n) is 6.02. The number of hydrogen-bond acceptors (Lipinski definition) is 2. The van der Waals surface area contributed by atoms with Gasteiger partial charge in [-0.05, 0) is 19.4 Å². The van der Waals surface area contributed by atoms with E-state index in [1.807, 2.05) is 36.4 Å². The van der Waals surface area contributed by atoms with Crippen LogP contribution in [0, 0.1) is 0 Å². The highest BCUT2D eigenvalue weighted by molar-refractivity contribution is 5.79. The largest absolute Gasteiger partial charge is 0.386 e. The Morgan fingerprint density at radius 1 is 1.00 bits per heavy atom. The first kappa shape index (κ1) is 24.8. The van der Waals surface area contributed by atoms with E-state index in [1.54, 1.807) is 0 Å². The molecule has 138 valence electrons. The number of Topliss-reactive ketones (excluding diaryl/α,β-unsaturated/α-hetero) is 1. The molecule has 1 N–H and O–H groups in total. The molecule has 0 aliphatic carbocycles. The summed E-state index contributed by atoms with van der Waals surface area (Å²) in [4.78, 5) is 9.89. The summed E-state index contributed by atoms with van der Waals surface area (Å²) in [6.07, 6.45) is 12.5. The summed E-state index contributed by atoms with van der Waals surface area (Å²) in [6.45, 7) is 11.0. The third-order valence-electron chi connectivity index (χ3n) is 3.58. The Hall–Kier alpha value is -1.41. The minimum absolute atomic E-state index is 0.185. The molecule has 24 heavy (non-hydrogen) atoms. The Morgan fingerprint density at radius 2 is 1.38 bits per heavy atom. The number of carbonyl (C=O) groups excluding carboxylic acids is 1. The summed E-state index contributed by atoms with van der Waals surface area (Å²) in [5, 5.41) is 8.28. The number of aliphatic hydroxyl groups excluding tert-OH is 1. The van der Waals surface area contributed by atoms with E-state index >= 15 is 0 Å². The van der Waals surface area contributed by atoms with Crippen LogP contribution in [0.25, 0.3) is 6.08 Å². The maximum absolute atomic E-state index is 9.89. The molecule has 0 saturated heterocycles. The molecule has 2 heteroatoms. The molecule has 0 aromatic heterocycles. The van der Waals surface area contributed by atoms with Crippen molar-refractivity contribution in [3.8, 4) is 0 Å². The standard InChI is InChI=1S/C10H22.C8H8.C4H8O2/c1-3-5-7-9-10-8-6-4-2;1-2-8-6-4-3-5-7-8;1-3(5)4(2)6/h3-10H2,1-2H3;2-7H,1H2;3,5H,1-2H3. The fourth-order valence-corrected chi connectivity index (χ4v) is 1.80. The minimum Gasteiger partial charge on any atom is -0.386 e. The Kier molecular flexibility index (Phi) is 20.3. The molecule has 0 heterocycles. The van der Waals surface area contributed by atoms with Gasteiger partial charge in [-0.25, -0.2) is 0 Å². The summed E-state index contributed by atoms with van der Waals surface area (Å²) < 4.78 is 0. The summed E-state index contributed by atoms with van der Waals surface area (Å²) >= 11 is 0. The quantitative estimate of drug-likeness (QED) is 0.528. The van der Waals surface area contributed by atoms with E-state index in [0.717, 1.165) is 0 Å². The zero-order valence-corrected chi connectivity index (χ0v) is 16.3. The van der Waals surface area contributed by atoms with Crippen molar-refractivity contribution in [1.82, 2.24) is 0 Å². The maximum atomic E-state index is 9.89. The summed E-state index contributed by atoms with van der Waals surface area (Å²) in [5.41, 5.74) is 1.17. The van der Waals surface area contributed by atoms with Gasteiger partial charge in [-0.1, -0.05) is 108 Å². The van der Waals surface area contributed by atoms with Crippen LogP contribution in [0.2, 0.25) is 0 Å². The van der Waals surface area contributed by atoms with Crippen LogP contribution in [0.5, 0.6) is 0 Å². The fraction of sp³-hybridized carbons (Fsp3) is 0.591. The number of benzene rings is 1. The molecule has 0 amide bonds. The number of hydrogen-bond donors (Lipinski definition) is 1. The monoisotopic (exact) mass is 334 g/mol. The first-order chi connectivity index (χ1) is 11.5. The fourth-order valence-electron chi connectivity index (χ4n) is 1.80. The van der Waals surface area contributed by atoms with Gasteiger partial charge in [0.1, 0.15) is 6.10 Å². The summed E-state index contributed by atoms with van der Waals surface area (Å²) in [6, 6.07) is 10.0. The Bertz CT molecular complexity index is 374. The Morgan fingerprint density at radius 3 is 1.62 bits per heavy atom. The van der Waals surface area contributed by atoms with Crippen molar-refractivity contribution < 1.29 is 9.90 Å². The van der Waals surface area contributed by atoms with Crippen LogP contribution < -0.4 is 0 Å². The van der Waals surface area contributed by atoms with Gasteiger partial charge < -0.3 is 5.11 Å².